The van der Waals surface area contributed by atoms with Gasteiger partial charge in [0.15, 0.2) is 0 Å². The van der Waals surface area contributed by atoms with Crippen LogP contribution in [0.2, 0.25) is 0 Å². The second-order valence-electron chi connectivity index (χ2n) is 4.79. The molecule has 0 amide bonds. The Labute approximate surface area is 119 Å². The van der Waals surface area contributed by atoms with Crippen molar-refractivity contribution in [2.75, 3.05) is 19.5 Å². The largest absolute Gasteiger partial charge is 0.384 e. The Balaban J connectivity index is 2.61. The van der Waals surface area contributed by atoms with Crippen LogP contribution in [0.4, 0.5) is 5.82 Å². The number of para-hydroxylation sites is 1. The van der Waals surface area contributed by atoms with Gasteiger partial charge in [0, 0.05) is 12.8 Å². The van der Waals surface area contributed by atoms with Crippen LogP contribution in [-0.2, 0) is 11.2 Å². The highest BCUT2D eigenvalue weighted by molar-refractivity contribution is 5.63. The number of anilines is 1. The van der Waals surface area contributed by atoms with Crippen molar-refractivity contribution in [1.82, 2.24) is 4.57 Å². The van der Waals surface area contributed by atoms with Crippen LogP contribution in [0.25, 0.3) is 5.69 Å². The van der Waals surface area contributed by atoms with Crippen LogP contribution in [0, 0.1) is 25.2 Å². The molecule has 1 aromatic heterocycles. The minimum atomic E-state index is 0.507. The van der Waals surface area contributed by atoms with Gasteiger partial charge in [-0.25, -0.2) is 0 Å². The molecule has 2 aromatic rings. The number of nitrogens with two attached hydrogens (primary N) is 1. The Morgan fingerprint density at radius 3 is 2.60 bits per heavy atom. The van der Waals surface area contributed by atoms with Crippen LogP contribution in [0.5, 0.6) is 0 Å². The van der Waals surface area contributed by atoms with E-state index in [4.69, 9.17) is 10.5 Å². The van der Waals surface area contributed by atoms with Crippen LogP contribution in [0.15, 0.2) is 24.3 Å². The SMILES string of the molecule is COCCc1ccccc1-n1c(C)c(C)c(C#N)c1N. The normalized spacial score (nSPS) is 10.5. The van der Waals surface area contributed by atoms with Crippen LogP contribution in [0.1, 0.15) is 22.4 Å². The van der Waals surface area contributed by atoms with E-state index in [1.54, 1.807) is 7.11 Å². The predicted molar refractivity (Wildman–Crippen MR) is 80.0 cm³/mol. The molecule has 0 aliphatic carbocycles. The summed E-state index contributed by atoms with van der Waals surface area (Å²) in [6, 6.07) is 10.3. The fourth-order valence-electron chi connectivity index (χ4n) is 2.44. The van der Waals surface area contributed by atoms with Crippen molar-refractivity contribution < 1.29 is 4.74 Å². The lowest BCUT2D eigenvalue weighted by Gasteiger charge is -2.14. The molecule has 0 saturated heterocycles. The monoisotopic (exact) mass is 269 g/mol. The van der Waals surface area contributed by atoms with Crippen LogP contribution in [-0.4, -0.2) is 18.3 Å². The number of nitrogen functional groups attached to an aromatic ring is 1. The molecule has 1 aromatic carbocycles. The molecule has 0 fully saturated rings. The minimum Gasteiger partial charge on any atom is -0.384 e. The quantitative estimate of drug-likeness (QED) is 0.928. The van der Waals surface area contributed by atoms with Gasteiger partial charge in [-0.05, 0) is 37.5 Å². The summed E-state index contributed by atoms with van der Waals surface area (Å²) in [5, 5.41) is 9.23. The van der Waals surface area contributed by atoms with Gasteiger partial charge in [0.05, 0.1) is 17.9 Å². The molecule has 0 unspecified atom stereocenters. The minimum absolute atomic E-state index is 0.507. The summed E-state index contributed by atoms with van der Waals surface area (Å²) in [6.45, 7) is 4.57. The number of hydrogen-bond acceptors (Lipinski definition) is 3. The zero-order valence-corrected chi connectivity index (χ0v) is 12.1. The zero-order valence-electron chi connectivity index (χ0n) is 12.1. The summed E-state index contributed by atoms with van der Waals surface area (Å²) in [5.74, 6) is 0.507. The van der Waals surface area contributed by atoms with Gasteiger partial charge in [-0.2, -0.15) is 5.26 Å². The summed E-state index contributed by atoms with van der Waals surface area (Å²) in [7, 11) is 1.69. The molecule has 0 spiro atoms. The molecule has 0 bridgehead atoms. The maximum absolute atomic E-state index is 9.23. The molecule has 1 heterocycles. The molecule has 0 saturated carbocycles. The summed E-state index contributed by atoms with van der Waals surface area (Å²) in [4.78, 5) is 0. The number of ether oxygens (including phenoxy) is 1. The van der Waals surface area contributed by atoms with E-state index in [0.29, 0.717) is 18.0 Å². The standard InChI is InChI=1S/C16H19N3O/c1-11-12(2)19(16(18)14(11)10-17)15-7-5-4-6-13(15)8-9-20-3/h4-7H,8-9,18H2,1-3H3. The van der Waals surface area contributed by atoms with Crippen molar-refractivity contribution in [3.63, 3.8) is 0 Å². The highest BCUT2D eigenvalue weighted by atomic mass is 16.5. The van der Waals surface area contributed by atoms with Crippen molar-refractivity contribution in [2.24, 2.45) is 0 Å². The third kappa shape index (κ3) is 2.28. The first-order valence-corrected chi connectivity index (χ1v) is 6.56. The molecule has 0 aliphatic rings. The van der Waals surface area contributed by atoms with Crippen molar-refractivity contribution in [3.8, 4) is 11.8 Å². The number of benzene rings is 1. The number of aromatic nitrogens is 1. The van der Waals surface area contributed by atoms with Crippen molar-refractivity contribution >= 4 is 5.82 Å². The Bertz CT molecular complexity index is 665. The van der Waals surface area contributed by atoms with Gasteiger partial charge < -0.3 is 10.5 Å². The first kappa shape index (κ1) is 14.2. The molecular formula is C16H19N3O. The molecule has 4 heteroatoms. The van der Waals surface area contributed by atoms with E-state index in [2.05, 4.69) is 12.1 Å². The van der Waals surface area contributed by atoms with E-state index in [1.807, 2.05) is 36.6 Å². The van der Waals surface area contributed by atoms with Gasteiger partial charge in [-0.1, -0.05) is 18.2 Å². The Morgan fingerprint density at radius 2 is 2.00 bits per heavy atom. The molecule has 0 atom stereocenters. The molecule has 2 rings (SSSR count). The maximum Gasteiger partial charge on any atom is 0.126 e. The number of hydrogen-bond donors (Lipinski definition) is 1. The molecule has 20 heavy (non-hydrogen) atoms. The van der Waals surface area contributed by atoms with Crippen LogP contribution in [0.3, 0.4) is 0 Å². The van der Waals surface area contributed by atoms with E-state index in [1.165, 1.54) is 0 Å². The van der Waals surface area contributed by atoms with Gasteiger partial charge in [-0.3, -0.25) is 4.57 Å². The van der Waals surface area contributed by atoms with E-state index < -0.39 is 0 Å². The second-order valence-corrected chi connectivity index (χ2v) is 4.79. The smallest absolute Gasteiger partial charge is 0.126 e. The van der Waals surface area contributed by atoms with Crippen LogP contribution >= 0.6 is 0 Å². The summed E-state index contributed by atoms with van der Waals surface area (Å²) in [6.07, 6.45) is 0.810. The van der Waals surface area contributed by atoms with E-state index in [-0.39, 0.29) is 0 Å². The van der Waals surface area contributed by atoms with E-state index in [9.17, 15) is 5.26 Å². The summed E-state index contributed by atoms with van der Waals surface area (Å²) in [5.41, 5.74) is 10.8. The lowest BCUT2D eigenvalue weighted by molar-refractivity contribution is 0.202. The Kier molecular flexibility index (Phi) is 4.11. The molecular weight excluding hydrogens is 250 g/mol. The molecule has 0 radical (unpaired) electrons. The topological polar surface area (TPSA) is 64.0 Å². The molecule has 2 N–H and O–H groups in total. The van der Waals surface area contributed by atoms with Gasteiger partial charge in [-0.15, -0.1) is 0 Å². The first-order valence-electron chi connectivity index (χ1n) is 6.56. The van der Waals surface area contributed by atoms with E-state index >= 15 is 0 Å². The summed E-state index contributed by atoms with van der Waals surface area (Å²) >= 11 is 0. The highest BCUT2D eigenvalue weighted by Gasteiger charge is 2.17. The fourth-order valence-corrected chi connectivity index (χ4v) is 2.44. The lowest BCUT2D eigenvalue weighted by atomic mass is 10.1. The lowest BCUT2D eigenvalue weighted by Crippen LogP contribution is -2.07. The number of nitrogens with zero attached hydrogens (tertiary/aromatic N) is 2. The number of rotatable bonds is 4. The Hall–Kier alpha value is -2.25. The third-order valence-corrected chi connectivity index (χ3v) is 3.67. The van der Waals surface area contributed by atoms with Gasteiger partial charge in [0.1, 0.15) is 11.9 Å². The van der Waals surface area contributed by atoms with E-state index in [0.717, 1.165) is 28.9 Å². The molecule has 4 nitrogen and oxygen atoms in total. The maximum atomic E-state index is 9.23. The average molecular weight is 269 g/mol. The second kappa shape index (κ2) is 5.81. The third-order valence-electron chi connectivity index (χ3n) is 3.67. The highest BCUT2D eigenvalue weighted by Crippen LogP contribution is 2.29. The van der Waals surface area contributed by atoms with Gasteiger partial charge in [0.25, 0.3) is 0 Å². The van der Waals surface area contributed by atoms with Crippen LogP contribution < -0.4 is 5.73 Å². The number of methoxy groups -OCH3 is 1. The first-order chi connectivity index (χ1) is 9.61. The van der Waals surface area contributed by atoms with Crippen molar-refractivity contribution in [2.45, 2.75) is 20.3 Å². The Morgan fingerprint density at radius 1 is 1.30 bits per heavy atom. The molecule has 104 valence electrons. The predicted octanol–water partition coefficient (Wildman–Crippen LogP) is 2.74. The van der Waals surface area contributed by atoms with Crippen molar-refractivity contribution in [1.29, 1.82) is 5.26 Å². The van der Waals surface area contributed by atoms with Gasteiger partial charge in [0.2, 0.25) is 0 Å². The average Bonchev–Trinajstić information content (AvgIpc) is 2.67. The molecule has 0 aliphatic heterocycles. The number of nitriles is 1. The van der Waals surface area contributed by atoms with Crippen molar-refractivity contribution in [3.05, 3.63) is 46.6 Å². The van der Waals surface area contributed by atoms with Gasteiger partial charge >= 0.3 is 0 Å². The zero-order chi connectivity index (χ0) is 14.7. The summed E-state index contributed by atoms with van der Waals surface area (Å²) < 4.78 is 7.11. The fraction of sp³-hybridized carbons (Fsp3) is 0.312.